The number of urea groups is 1. The maximum Gasteiger partial charge on any atom is 0.319 e. The smallest absolute Gasteiger partial charge is 0.319 e. The summed E-state index contributed by atoms with van der Waals surface area (Å²) in [5.74, 6) is 0.785. The van der Waals surface area contributed by atoms with Crippen molar-refractivity contribution in [1.29, 1.82) is 0 Å². The van der Waals surface area contributed by atoms with Crippen LogP contribution in [0.15, 0.2) is 30.3 Å². The maximum atomic E-state index is 12.9. The molecule has 0 atom stereocenters. The lowest BCUT2D eigenvalue weighted by Crippen LogP contribution is -2.53. The van der Waals surface area contributed by atoms with Gasteiger partial charge in [-0.3, -0.25) is 4.79 Å². The lowest BCUT2D eigenvalue weighted by Gasteiger charge is -2.44. The van der Waals surface area contributed by atoms with Gasteiger partial charge in [0, 0.05) is 43.4 Å². The third-order valence-corrected chi connectivity index (χ3v) is 7.79. The summed E-state index contributed by atoms with van der Waals surface area (Å²) in [6, 6.07) is 9.47. The molecule has 0 bridgehead atoms. The van der Waals surface area contributed by atoms with Gasteiger partial charge in [0.2, 0.25) is 0 Å². The molecule has 1 saturated carbocycles. The zero-order valence-corrected chi connectivity index (χ0v) is 20.5. The Morgan fingerprint density at radius 2 is 1.74 bits per heavy atom. The van der Waals surface area contributed by atoms with Crippen LogP contribution in [0.2, 0.25) is 5.02 Å². The number of nitrogens with one attached hydrogen (secondary N) is 2. The van der Waals surface area contributed by atoms with Crippen LogP contribution in [0.3, 0.4) is 0 Å². The van der Waals surface area contributed by atoms with E-state index in [1.807, 2.05) is 42.2 Å². The van der Waals surface area contributed by atoms with Gasteiger partial charge in [-0.25, -0.2) is 4.79 Å². The van der Waals surface area contributed by atoms with Gasteiger partial charge < -0.3 is 25.2 Å². The number of ether oxygens (including phenoxy) is 1. The van der Waals surface area contributed by atoms with Gasteiger partial charge in [0.15, 0.2) is 0 Å². The molecule has 2 aliphatic heterocycles. The minimum Gasteiger partial charge on any atom is -0.496 e. The van der Waals surface area contributed by atoms with Crippen molar-refractivity contribution in [2.24, 2.45) is 0 Å². The molecular weight excluding hydrogens is 452 g/mol. The Morgan fingerprint density at radius 1 is 1.06 bits per heavy atom. The Morgan fingerprint density at radius 3 is 2.38 bits per heavy atom. The first kappa shape index (κ1) is 22.8. The SMILES string of the molecule is COc1cc(N2CCN(C(=O)c3ccc(C)cc3)CC2)c(Cl)c2c1C1(CCCCC1)NC(=O)N2. The molecule has 3 amide bonds. The molecule has 0 aromatic heterocycles. The minimum absolute atomic E-state index is 0.0475. The Hall–Kier alpha value is -2.93. The Bertz CT molecular complexity index is 1100. The van der Waals surface area contributed by atoms with Gasteiger partial charge in [0.1, 0.15) is 5.75 Å². The molecule has 2 aromatic rings. The van der Waals surface area contributed by atoms with Crippen LogP contribution in [0.4, 0.5) is 16.2 Å². The number of methoxy groups -OCH3 is 1. The topological polar surface area (TPSA) is 73.9 Å². The van der Waals surface area contributed by atoms with E-state index < -0.39 is 5.54 Å². The van der Waals surface area contributed by atoms with Gasteiger partial charge in [-0.15, -0.1) is 0 Å². The Balaban J connectivity index is 1.41. The summed E-state index contributed by atoms with van der Waals surface area (Å²) in [4.78, 5) is 29.6. The Kier molecular flexibility index (Phi) is 6.06. The van der Waals surface area contributed by atoms with Crippen LogP contribution in [0.25, 0.3) is 0 Å². The van der Waals surface area contributed by atoms with Crippen LogP contribution in [-0.4, -0.2) is 50.1 Å². The number of amides is 3. The molecule has 3 aliphatic rings. The molecule has 2 heterocycles. The number of carbonyl (C=O) groups is 2. The van der Waals surface area contributed by atoms with Gasteiger partial charge in [-0.1, -0.05) is 48.6 Å². The largest absolute Gasteiger partial charge is 0.496 e. The molecule has 2 aromatic carbocycles. The highest BCUT2D eigenvalue weighted by atomic mass is 35.5. The van der Waals surface area contributed by atoms with E-state index >= 15 is 0 Å². The molecule has 34 heavy (non-hydrogen) atoms. The molecule has 0 radical (unpaired) electrons. The number of benzene rings is 2. The summed E-state index contributed by atoms with van der Waals surface area (Å²) in [6.45, 7) is 4.51. The average Bonchev–Trinajstić information content (AvgIpc) is 2.85. The monoisotopic (exact) mass is 482 g/mol. The number of nitrogens with zero attached hydrogens (tertiary/aromatic N) is 2. The minimum atomic E-state index is -0.442. The second-order valence-corrected chi connectivity index (χ2v) is 9.91. The van der Waals surface area contributed by atoms with Crippen LogP contribution in [0.1, 0.15) is 53.6 Å². The number of fused-ring (bicyclic) bond motifs is 2. The first-order valence-electron chi connectivity index (χ1n) is 12.0. The molecule has 2 N–H and O–H groups in total. The molecule has 2 fully saturated rings. The highest BCUT2D eigenvalue weighted by Crippen LogP contribution is 2.52. The fraction of sp³-hybridized carbons (Fsp3) is 0.462. The van der Waals surface area contributed by atoms with Crippen molar-refractivity contribution in [2.75, 3.05) is 43.5 Å². The zero-order chi connectivity index (χ0) is 23.9. The van der Waals surface area contributed by atoms with E-state index in [0.717, 1.165) is 48.2 Å². The predicted octanol–water partition coefficient (Wildman–Crippen LogP) is 4.91. The molecule has 5 rings (SSSR count). The lowest BCUT2D eigenvalue weighted by molar-refractivity contribution is 0.0746. The zero-order valence-electron chi connectivity index (χ0n) is 19.7. The number of carbonyl (C=O) groups excluding carboxylic acids is 2. The van der Waals surface area contributed by atoms with Gasteiger partial charge >= 0.3 is 6.03 Å². The van der Waals surface area contributed by atoms with Crippen molar-refractivity contribution >= 4 is 34.9 Å². The van der Waals surface area contributed by atoms with Crippen LogP contribution >= 0.6 is 11.6 Å². The molecule has 7 nitrogen and oxygen atoms in total. The third-order valence-electron chi connectivity index (χ3n) is 7.41. The van der Waals surface area contributed by atoms with E-state index in [0.29, 0.717) is 42.5 Å². The number of hydrogen-bond acceptors (Lipinski definition) is 4. The number of hydrogen-bond donors (Lipinski definition) is 2. The van der Waals surface area contributed by atoms with Gasteiger partial charge in [0.25, 0.3) is 5.91 Å². The van der Waals surface area contributed by atoms with Crippen molar-refractivity contribution in [3.63, 3.8) is 0 Å². The van der Waals surface area contributed by atoms with Gasteiger partial charge in [-0.2, -0.15) is 0 Å². The number of halogens is 1. The van der Waals surface area contributed by atoms with Crippen LogP contribution < -0.4 is 20.3 Å². The number of rotatable bonds is 3. The van der Waals surface area contributed by atoms with E-state index in [2.05, 4.69) is 15.5 Å². The molecule has 180 valence electrons. The second kappa shape index (κ2) is 9.02. The second-order valence-electron chi connectivity index (χ2n) is 9.53. The highest BCUT2D eigenvalue weighted by Gasteiger charge is 2.44. The predicted molar refractivity (Wildman–Crippen MR) is 134 cm³/mol. The lowest BCUT2D eigenvalue weighted by atomic mass is 9.74. The molecule has 8 heteroatoms. The maximum absolute atomic E-state index is 12.9. The van der Waals surface area contributed by atoms with Crippen molar-refractivity contribution in [1.82, 2.24) is 10.2 Å². The first-order valence-corrected chi connectivity index (χ1v) is 12.4. The van der Waals surface area contributed by atoms with E-state index in [1.54, 1.807) is 7.11 Å². The standard InChI is InChI=1S/C26H31ClN4O3/c1-17-6-8-18(9-7-17)24(32)31-14-12-30(13-15-31)19-16-20(34-2)21-23(22(19)27)28-25(33)29-26(21)10-4-3-5-11-26/h6-9,16H,3-5,10-15H2,1-2H3,(H2,28,29,33). The van der Waals surface area contributed by atoms with Gasteiger partial charge in [-0.05, 0) is 31.9 Å². The number of aryl methyl sites for hydroxylation is 1. The summed E-state index contributed by atoms with van der Waals surface area (Å²) in [5.41, 5.74) is 3.84. The quantitative estimate of drug-likeness (QED) is 0.651. The molecule has 0 unspecified atom stereocenters. The van der Waals surface area contributed by atoms with E-state index in [4.69, 9.17) is 16.3 Å². The number of piperazine rings is 1. The summed E-state index contributed by atoms with van der Waals surface area (Å²) in [5, 5.41) is 6.67. The molecular formula is C26H31ClN4O3. The van der Waals surface area contributed by atoms with Crippen molar-refractivity contribution in [3.8, 4) is 5.75 Å². The summed E-state index contributed by atoms with van der Waals surface area (Å²) >= 11 is 6.95. The normalized spacial score (nSPS) is 19.3. The summed E-state index contributed by atoms with van der Waals surface area (Å²) < 4.78 is 5.85. The van der Waals surface area contributed by atoms with E-state index in [9.17, 15) is 9.59 Å². The fourth-order valence-electron chi connectivity index (χ4n) is 5.59. The van der Waals surface area contributed by atoms with Crippen molar-refractivity contribution in [2.45, 2.75) is 44.6 Å². The third kappa shape index (κ3) is 3.96. The fourth-order valence-corrected chi connectivity index (χ4v) is 5.90. The van der Waals surface area contributed by atoms with Crippen LogP contribution in [0.5, 0.6) is 5.75 Å². The highest BCUT2D eigenvalue weighted by molar-refractivity contribution is 6.37. The van der Waals surface area contributed by atoms with E-state index in [-0.39, 0.29) is 11.9 Å². The number of anilines is 2. The average molecular weight is 483 g/mol. The molecule has 1 spiro atoms. The van der Waals surface area contributed by atoms with Crippen LogP contribution in [-0.2, 0) is 5.54 Å². The van der Waals surface area contributed by atoms with Crippen LogP contribution in [0, 0.1) is 6.92 Å². The Labute approximate surface area is 205 Å². The molecule has 1 aliphatic carbocycles. The van der Waals surface area contributed by atoms with E-state index in [1.165, 1.54) is 6.42 Å². The van der Waals surface area contributed by atoms with Crippen molar-refractivity contribution < 1.29 is 14.3 Å². The van der Waals surface area contributed by atoms with Gasteiger partial charge in [0.05, 0.1) is 29.0 Å². The summed E-state index contributed by atoms with van der Waals surface area (Å²) in [6.07, 6.45) is 5.02. The summed E-state index contributed by atoms with van der Waals surface area (Å²) in [7, 11) is 1.67. The molecule has 1 saturated heterocycles. The van der Waals surface area contributed by atoms with Crippen molar-refractivity contribution in [3.05, 3.63) is 52.0 Å². The first-order chi connectivity index (χ1) is 16.4.